The van der Waals surface area contributed by atoms with Crippen molar-refractivity contribution >= 4 is 22.4 Å². The van der Waals surface area contributed by atoms with Crippen LogP contribution in [0, 0.1) is 11.6 Å². The van der Waals surface area contributed by atoms with Gasteiger partial charge in [-0.3, -0.25) is 4.79 Å². The molecule has 1 aromatic carbocycles. The second-order valence-electron chi connectivity index (χ2n) is 3.35. The van der Waals surface area contributed by atoms with Crippen LogP contribution in [0.2, 0.25) is 0 Å². The highest BCUT2D eigenvalue weighted by Gasteiger charge is 2.08. The average molecular weight is 254 g/mol. The highest BCUT2D eigenvalue weighted by Crippen LogP contribution is 2.25. The van der Waals surface area contributed by atoms with Gasteiger partial charge >= 0.3 is 0 Å². The molecule has 1 N–H and O–H groups in total. The van der Waals surface area contributed by atoms with E-state index < -0.39 is 11.6 Å². The first-order valence-electron chi connectivity index (χ1n) is 4.75. The lowest BCUT2D eigenvalue weighted by atomic mass is 10.2. The molecule has 6 heteroatoms. The lowest BCUT2D eigenvalue weighted by Gasteiger charge is -1.98. The molecule has 0 saturated carbocycles. The van der Waals surface area contributed by atoms with Crippen LogP contribution in [0.1, 0.15) is 6.92 Å². The first-order valence-corrected chi connectivity index (χ1v) is 5.63. The number of nitrogens with zero attached hydrogens (tertiary/aromatic N) is 1. The van der Waals surface area contributed by atoms with E-state index in [4.69, 9.17) is 0 Å². The minimum Gasteiger partial charge on any atom is -0.302 e. The number of carbonyl (C=O) groups is 1. The number of aromatic nitrogens is 1. The van der Waals surface area contributed by atoms with Crippen LogP contribution in [-0.4, -0.2) is 10.9 Å². The molecule has 0 aliphatic heterocycles. The summed E-state index contributed by atoms with van der Waals surface area (Å²) in [6.45, 7) is 1.37. The third-order valence-electron chi connectivity index (χ3n) is 2.00. The summed E-state index contributed by atoms with van der Waals surface area (Å²) in [6, 6.07) is 3.55. The van der Waals surface area contributed by atoms with Gasteiger partial charge in [-0.1, -0.05) is 0 Å². The van der Waals surface area contributed by atoms with Gasteiger partial charge in [-0.2, -0.15) is 0 Å². The van der Waals surface area contributed by atoms with E-state index in [-0.39, 0.29) is 5.91 Å². The van der Waals surface area contributed by atoms with Crippen molar-refractivity contribution in [2.75, 3.05) is 5.32 Å². The normalized spacial score (nSPS) is 10.3. The summed E-state index contributed by atoms with van der Waals surface area (Å²) < 4.78 is 25.8. The lowest BCUT2D eigenvalue weighted by molar-refractivity contribution is -0.114. The molecular weight excluding hydrogens is 246 g/mol. The lowest BCUT2D eigenvalue weighted by Crippen LogP contribution is -2.04. The molecule has 88 valence electrons. The van der Waals surface area contributed by atoms with Gasteiger partial charge in [0.2, 0.25) is 5.91 Å². The van der Waals surface area contributed by atoms with E-state index in [2.05, 4.69) is 10.3 Å². The van der Waals surface area contributed by atoms with E-state index in [9.17, 15) is 13.6 Å². The highest BCUT2D eigenvalue weighted by atomic mass is 32.1. The number of nitrogens with one attached hydrogen (secondary N) is 1. The first kappa shape index (κ1) is 11.7. The number of halogens is 2. The summed E-state index contributed by atoms with van der Waals surface area (Å²) in [4.78, 5) is 14.9. The Hall–Kier alpha value is -1.82. The van der Waals surface area contributed by atoms with E-state index in [0.717, 1.165) is 12.1 Å². The summed E-state index contributed by atoms with van der Waals surface area (Å²) >= 11 is 1.22. The third-order valence-corrected chi connectivity index (χ3v) is 2.76. The van der Waals surface area contributed by atoms with Crippen molar-refractivity contribution in [3.05, 3.63) is 35.2 Å². The molecule has 17 heavy (non-hydrogen) atoms. The number of amides is 1. The Kier molecular flexibility index (Phi) is 3.14. The minimum absolute atomic E-state index is 0.226. The van der Waals surface area contributed by atoms with Crippen molar-refractivity contribution in [3.63, 3.8) is 0 Å². The van der Waals surface area contributed by atoms with E-state index in [0.29, 0.717) is 16.4 Å². The summed E-state index contributed by atoms with van der Waals surface area (Å²) in [6.07, 6.45) is 0. The molecule has 1 amide bonds. The summed E-state index contributed by atoms with van der Waals surface area (Å²) in [5.74, 6) is -2.04. The fourth-order valence-electron chi connectivity index (χ4n) is 1.27. The van der Waals surface area contributed by atoms with Gasteiger partial charge in [-0.05, 0) is 18.2 Å². The van der Waals surface area contributed by atoms with Gasteiger partial charge in [0.25, 0.3) is 0 Å². The monoisotopic (exact) mass is 254 g/mol. The van der Waals surface area contributed by atoms with Gasteiger partial charge in [-0.15, -0.1) is 11.3 Å². The third kappa shape index (κ3) is 2.65. The van der Waals surface area contributed by atoms with Crippen LogP contribution in [0.4, 0.5) is 13.9 Å². The van der Waals surface area contributed by atoms with E-state index >= 15 is 0 Å². The maximum atomic E-state index is 13.0. The summed E-state index contributed by atoms with van der Waals surface area (Å²) in [7, 11) is 0. The van der Waals surface area contributed by atoms with Crippen LogP contribution in [0.25, 0.3) is 11.3 Å². The molecule has 0 saturated heterocycles. The number of hydrogen-bond acceptors (Lipinski definition) is 3. The molecule has 1 heterocycles. The molecule has 2 aromatic rings. The van der Waals surface area contributed by atoms with Gasteiger partial charge in [0, 0.05) is 17.9 Å². The number of carbonyl (C=O) groups excluding carboxylic acids is 1. The number of hydrogen-bond donors (Lipinski definition) is 1. The van der Waals surface area contributed by atoms with Gasteiger partial charge in [-0.25, -0.2) is 13.8 Å². The molecule has 0 radical (unpaired) electrons. The van der Waals surface area contributed by atoms with E-state index in [1.54, 1.807) is 5.38 Å². The second kappa shape index (κ2) is 4.58. The molecule has 0 aliphatic carbocycles. The Morgan fingerprint density at radius 1 is 1.35 bits per heavy atom. The Labute approximate surface area is 100 Å². The SMILES string of the molecule is CC(=O)Nc1nc(-c2ccc(F)c(F)c2)cs1. The fraction of sp³-hybridized carbons (Fsp3) is 0.0909. The smallest absolute Gasteiger partial charge is 0.223 e. The maximum Gasteiger partial charge on any atom is 0.223 e. The number of benzene rings is 1. The minimum atomic E-state index is -0.920. The van der Waals surface area contributed by atoms with Crippen LogP contribution in [0.5, 0.6) is 0 Å². The number of thiazole rings is 1. The summed E-state index contributed by atoms with van der Waals surface area (Å²) in [5, 5.41) is 4.61. The first-order chi connectivity index (χ1) is 8.06. The quantitative estimate of drug-likeness (QED) is 0.895. The summed E-state index contributed by atoms with van der Waals surface area (Å²) in [5.41, 5.74) is 0.967. The van der Waals surface area contributed by atoms with Crippen LogP contribution in [-0.2, 0) is 4.79 Å². The molecular formula is C11H8F2N2OS. The zero-order chi connectivity index (χ0) is 12.4. The standard InChI is InChI=1S/C11H8F2N2OS/c1-6(16)14-11-15-10(5-17-11)7-2-3-8(12)9(13)4-7/h2-5H,1H3,(H,14,15,16). The predicted octanol–water partition coefficient (Wildman–Crippen LogP) is 3.05. The van der Waals surface area contributed by atoms with Gasteiger partial charge in [0.1, 0.15) is 0 Å². The Morgan fingerprint density at radius 3 is 2.76 bits per heavy atom. The van der Waals surface area contributed by atoms with Crippen LogP contribution in [0.3, 0.4) is 0 Å². The fourth-order valence-corrected chi connectivity index (χ4v) is 2.04. The van der Waals surface area contributed by atoms with Crippen molar-refractivity contribution in [2.24, 2.45) is 0 Å². The van der Waals surface area contributed by atoms with E-state index in [1.807, 2.05) is 0 Å². The average Bonchev–Trinajstić information content (AvgIpc) is 2.69. The molecule has 0 spiro atoms. The molecule has 0 atom stereocenters. The predicted molar refractivity (Wildman–Crippen MR) is 61.8 cm³/mol. The number of rotatable bonds is 2. The topological polar surface area (TPSA) is 42.0 Å². The molecule has 0 fully saturated rings. The zero-order valence-electron chi connectivity index (χ0n) is 8.83. The molecule has 0 bridgehead atoms. The molecule has 2 rings (SSSR count). The molecule has 0 unspecified atom stereocenters. The number of anilines is 1. The van der Waals surface area contributed by atoms with Crippen molar-refractivity contribution in [3.8, 4) is 11.3 Å². The Balaban J connectivity index is 2.30. The molecule has 1 aromatic heterocycles. The van der Waals surface area contributed by atoms with Crippen molar-refractivity contribution in [1.82, 2.24) is 4.98 Å². The Morgan fingerprint density at radius 2 is 2.12 bits per heavy atom. The highest BCUT2D eigenvalue weighted by molar-refractivity contribution is 7.14. The van der Waals surface area contributed by atoms with Gasteiger partial charge in [0.15, 0.2) is 16.8 Å². The zero-order valence-corrected chi connectivity index (χ0v) is 9.65. The van der Waals surface area contributed by atoms with Gasteiger partial charge in [0.05, 0.1) is 5.69 Å². The Bertz CT molecular complexity index is 568. The van der Waals surface area contributed by atoms with Crippen LogP contribution >= 0.6 is 11.3 Å². The van der Waals surface area contributed by atoms with E-state index in [1.165, 1.54) is 24.3 Å². The van der Waals surface area contributed by atoms with Crippen LogP contribution in [0.15, 0.2) is 23.6 Å². The van der Waals surface area contributed by atoms with Crippen LogP contribution < -0.4 is 5.32 Å². The second-order valence-corrected chi connectivity index (χ2v) is 4.21. The largest absolute Gasteiger partial charge is 0.302 e. The van der Waals surface area contributed by atoms with Gasteiger partial charge < -0.3 is 5.32 Å². The molecule has 0 aliphatic rings. The maximum absolute atomic E-state index is 13.0. The van der Waals surface area contributed by atoms with Crippen molar-refractivity contribution < 1.29 is 13.6 Å². The molecule has 3 nitrogen and oxygen atoms in total. The van der Waals surface area contributed by atoms with Crippen molar-refractivity contribution in [1.29, 1.82) is 0 Å². The van der Waals surface area contributed by atoms with Crippen molar-refractivity contribution in [2.45, 2.75) is 6.92 Å².